The maximum Gasteiger partial charge on any atom is 0.303 e. The average molecular weight is 421 g/mol. The summed E-state index contributed by atoms with van der Waals surface area (Å²) in [6.45, 7) is 2.29. The number of thioether (sulfide) groups is 1. The number of likely N-dealkylation sites (N-methyl/N-ethyl adjacent to an activating group) is 1. The van der Waals surface area contributed by atoms with Gasteiger partial charge >= 0.3 is 5.97 Å². The number of hydrogen-bond donors (Lipinski definition) is 2. The van der Waals surface area contributed by atoms with Gasteiger partial charge in [-0.2, -0.15) is 0 Å². The highest BCUT2D eigenvalue weighted by atomic mass is 35.5. The number of carbonyl (C=O) groups is 2. The SMILES string of the molecule is CNCCN1C(=O)[C@H](OC(C)=O)[C@H](c2ccc(O)cc2)Sc2cc(Cl)ccc21. The number of halogens is 1. The van der Waals surface area contributed by atoms with Crippen LogP contribution in [0.1, 0.15) is 17.7 Å². The van der Waals surface area contributed by atoms with Crippen LogP contribution in [0.15, 0.2) is 47.4 Å². The van der Waals surface area contributed by atoms with Crippen LogP contribution in [0.5, 0.6) is 5.75 Å². The van der Waals surface area contributed by atoms with E-state index in [-0.39, 0.29) is 11.7 Å². The van der Waals surface area contributed by atoms with Gasteiger partial charge in [-0.05, 0) is 42.9 Å². The maximum absolute atomic E-state index is 13.4. The largest absolute Gasteiger partial charge is 0.508 e. The molecule has 1 aliphatic heterocycles. The number of hydrogen-bond acceptors (Lipinski definition) is 6. The predicted molar refractivity (Wildman–Crippen MR) is 110 cm³/mol. The number of phenols is 1. The first-order chi connectivity index (χ1) is 13.4. The average Bonchev–Trinajstić information content (AvgIpc) is 2.76. The molecule has 1 aliphatic rings. The first kappa shape index (κ1) is 20.5. The molecule has 0 aliphatic carbocycles. The lowest BCUT2D eigenvalue weighted by atomic mass is 10.1. The quantitative estimate of drug-likeness (QED) is 0.722. The molecule has 0 bridgehead atoms. The molecule has 2 N–H and O–H groups in total. The highest BCUT2D eigenvalue weighted by molar-refractivity contribution is 7.99. The molecule has 1 heterocycles. The van der Waals surface area contributed by atoms with Crippen LogP contribution < -0.4 is 10.2 Å². The molecule has 3 rings (SSSR count). The fraction of sp³-hybridized carbons (Fsp3) is 0.300. The number of rotatable bonds is 5. The summed E-state index contributed by atoms with van der Waals surface area (Å²) < 4.78 is 5.49. The third-order valence-corrected chi connectivity index (χ3v) is 5.94. The van der Waals surface area contributed by atoms with E-state index in [9.17, 15) is 14.7 Å². The van der Waals surface area contributed by atoms with Crippen LogP contribution in [0.2, 0.25) is 5.02 Å². The molecule has 2 aromatic carbocycles. The van der Waals surface area contributed by atoms with Gasteiger partial charge in [-0.15, -0.1) is 11.8 Å². The summed E-state index contributed by atoms with van der Waals surface area (Å²) >= 11 is 7.62. The molecule has 8 heteroatoms. The van der Waals surface area contributed by atoms with E-state index in [1.165, 1.54) is 18.7 Å². The van der Waals surface area contributed by atoms with Crippen LogP contribution in [0.25, 0.3) is 0 Å². The number of nitrogens with one attached hydrogen (secondary N) is 1. The molecule has 2 atom stereocenters. The van der Waals surface area contributed by atoms with Gasteiger partial charge in [0, 0.05) is 29.9 Å². The molecule has 0 radical (unpaired) electrons. The molecule has 0 saturated carbocycles. The summed E-state index contributed by atoms with van der Waals surface area (Å²) in [5.41, 5.74) is 1.50. The molecular formula is C20H21ClN2O4S. The van der Waals surface area contributed by atoms with Crippen molar-refractivity contribution in [1.82, 2.24) is 5.32 Å². The van der Waals surface area contributed by atoms with Crippen LogP contribution >= 0.6 is 23.4 Å². The van der Waals surface area contributed by atoms with E-state index in [4.69, 9.17) is 16.3 Å². The lowest BCUT2D eigenvalue weighted by Gasteiger charge is -2.27. The van der Waals surface area contributed by atoms with Gasteiger partial charge < -0.3 is 20.1 Å². The molecule has 0 saturated heterocycles. The molecule has 2 aromatic rings. The highest BCUT2D eigenvalue weighted by Crippen LogP contribution is 2.47. The van der Waals surface area contributed by atoms with Gasteiger partial charge in [0.1, 0.15) is 5.75 Å². The molecule has 0 aromatic heterocycles. The molecular weight excluding hydrogens is 400 g/mol. The fourth-order valence-electron chi connectivity index (χ4n) is 3.06. The van der Waals surface area contributed by atoms with Gasteiger partial charge in [0.25, 0.3) is 5.91 Å². The van der Waals surface area contributed by atoms with E-state index in [0.717, 1.165) is 16.1 Å². The number of phenolic OH excluding ortho intramolecular Hbond substituents is 1. The van der Waals surface area contributed by atoms with Crippen molar-refractivity contribution in [3.63, 3.8) is 0 Å². The smallest absolute Gasteiger partial charge is 0.303 e. The van der Waals surface area contributed by atoms with Gasteiger partial charge in [0.2, 0.25) is 0 Å². The zero-order valence-electron chi connectivity index (χ0n) is 15.5. The standard InChI is InChI=1S/C20H21ClN2O4S/c1-12(24)27-18-19(13-3-6-15(25)7-4-13)28-17-11-14(21)5-8-16(17)23(20(18)26)10-9-22-2/h3-8,11,18-19,22,25H,9-10H2,1-2H3/t18-,19+/m1/s1. The molecule has 148 valence electrons. The first-order valence-corrected chi connectivity index (χ1v) is 10.0. The lowest BCUT2D eigenvalue weighted by molar-refractivity contribution is -0.152. The summed E-state index contributed by atoms with van der Waals surface area (Å²) in [5.74, 6) is -0.700. The van der Waals surface area contributed by atoms with Crippen molar-refractivity contribution in [2.75, 3.05) is 25.0 Å². The second kappa shape index (κ2) is 8.86. The summed E-state index contributed by atoms with van der Waals surface area (Å²) in [4.78, 5) is 27.6. The Morgan fingerprint density at radius 3 is 2.64 bits per heavy atom. The Bertz CT molecular complexity index is 875. The number of fused-ring (bicyclic) bond motifs is 1. The first-order valence-electron chi connectivity index (χ1n) is 8.79. The minimum absolute atomic E-state index is 0.122. The van der Waals surface area contributed by atoms with Crippen molar-refractivity contribution in [1.29, 1.82) is 0 Å². The Morgan fingerprint density at radius 2 is 2.00 bits per heavy atom. The van der Waals surface area contributed by atoms with E-state index in [1.54, 1.807) is 35.2 Å². The zero-order chi connectivity index (χ0) is 20.3. The number of ether oxygens (including phenoxy) is 1. The molecule has 6 nitrogen and oxygen atoms in total. The Kier molecular flexibility index (Phi) is 6.49. The Hall–Kier alpha value is -2.22. The van der Waals surface area contributed by atoms with Crippen LogP contribution in [0.4, 0.5) is 5.69 Å². The van der Waals surface area contributed by atoms with E-state index in [1.807, 2.05) is 19.2 Å². The second-order valence-electron chi connectivity index (χ2n) is 6.37. The lowest BCUT2D eigenvalue weighted by Crippen LogP contribution is -2.45. The normalized spacial score (nSPS) is 19.1. The minimum atomic E-state index is -1.00. The van der Waals surface area contributed by atoms with E-state index >= 15 is 0 Å². The molecule has 1 amide bonds. The Labute approximate surface area is 172 Å². The highest BCUT2D eigenvalue weighted by Gasteiger charge is 2.40. The molecule has 0 unspecified atom stereocenters. The van der Waals surface area contributed by atoms with Gasteiger partial charge in [0.15, 0.2) is 6.10 Å². The van der Waals surface area contributed by atoms with Crippen LogP contribution in [0.3, 0.4) is 0 Å². The van der Waals surface area contributed by atoms with Crippen molar-refractivity contribution in [2.24, 2.45) is 0 Å². The topological polar surface area (TPSA) is 78.9 Å². The maximum atomic E-state index is 13.4. The van der Waals surface area contributed by atoms with E-state index in [0.29, 0.717) is 18.1 Å². The van der Waals surface area contributed by atoms with Crippen molar-refractivity contribution < 1.29 is 19.4 Å². The van der Waals surface area contributed by atoms with Gasteiger partial charge in [-0.3, -0.25) is 9.59 Å². The number of amides is 1. The fourth-order valence-corrected chi connectivity index (χ4v) is 4.65. The Morgan fingerprint density at radius 1 is 1.29 bits per heavy atom. The summed E-state index contributed by atoms with van der Waals surface area (Å²) in [5, 5.41) is 12.7. The summed E-state index contributed by atoms with van der Waals surface area (Å²) in [7, 11) is 1.81. The molecule has 28 heavy (non-hydrogen) atoms. The van der Waals surface area contributed by atoms with Gasteiger partial charge in [-0.1, -0.05) is 23.7 Å². The van der Waals surface area contributed by atoms with E-state index < -0.39 is 17.3 Å². The predicted octanol–water partition coefficient (Wildman–Crippen LogP) is 3.38. The summed E-state index contributed by atoms with van der Waals surface area (Å²) in [6.07, 6.45) is -1.00. The van der Waals surface area contributed by atoms with Crippen LogP contribution in [-0.2, 0) is 14.3 Å². The summed E-state index contributed by atoms with van der Waals surface area (Å²) in [6, 6.07) is 11.9. The van der Waals surface area contributed by atoms with Gasteiger partial charge in [-0.25, -0.2) is 0 Å². The molecule has 0 fully saturated rings. The minimum Gasteiger partial charge on any atom is -0.508 e. The number of benzene rings is 2. The second-order valence-corrected chi connectivity index (χ2v) is 7.99. The third-order valence-electron chi connectivity index (χ3n) is 4.35. The number of aromatic hydroxyl groups is 1. The third kappa shape index (κ3) is 4.43. The zero-order valence-corrected chi connectivity index (χ0v) is 17.1. The van der Waals surface area contributed by atoms with Gasteiger partial charge in [0.05, 0.1) is 10.9 Å². The number of nitrogens with zero attached hydrogens (tertiary/aromatic N) is 1. The number of carbonyl (C=O) groups excluding carboxylic acids is 2. The van der Waals surface area contributed by atoms with Crippen molar-refractivity contribution >= 4 is 40.9 Å². The number of esters is 1. The Balaban J connectivity index is 2.11. The molecule has 0 spiro atoms. The van der Waals surface area contributed by atoms with Crippen LogP contribution in [-0.4, -0.2) is 43.2 Å². The van der Waals surface area contributed by atoms with Crippen molar-refractivity contribution in [3.8, 4) is 5.75 Å². The van der Waals surface area contributed by atoms with E-state index in [2.05, 4.69) is 5.32 Å². The van der Waals surface area contributed by atoms with Crippen LogP contribution in [0, 0.1) is 0 Å². The monoisotopic (exact) mass is 420 g/mol. The van der Waals surface area contributed by atoms with Crippen molar-refractivity contribution in [2.45, 2.75) is 23.2 Å². The number of anilines is 1. The van der Waals surface area contributed by atoms with Crippen molar-refractivity contribution in [3.05, 3.63) is 53.1 Å².